The average molecular weight is 277 g/mol. The molecule has 0 bridgehead atoms. The number of benzene rings is 1. The van der Waals surface area contributed by atoms with Gasteiger partial charge in [0.05, 0.1) is 33.4 Å². The van der Waals surface area contributed by atoms with Gasteiger partial charge in [-0.3, -0.25) is 4.79 Å². The first-order valence-electron chi connectivity index (χ1n) is 7.41. The van der Waals surface area contributed by atoms with Gasteiger partial charge in [-0.25, -0.2) is 0 Å². The van der Waals surface area contributed by atoms with Crippen LogP contribution >= 0.6 is 0 Å². The lowest BCUT2D eigenvalue weighted by Gasteiger charge is -2.37. The number of rotatable bonds is 5. The summed E-state index contributed by atoms with van der Waals surface area (Å²) in [4.78, 5) is 12.0. The fourth-order valence-electron chi connectivity index (χ4n) is 2.44. The molecule has 0 aromatic heterocycles. The molecule has 1 amide bonds. The van der Waals surface area contributed by atoms with Crippen LogP contribution in [0.2, 0.25) is 0 Å². The molecule has 110 valence electrons. The van der Waals surface area contributed by atoms with Gasteiger partial charge in [0, 0.05) is 5.56 Å². The van der Waals surface area contributed by atoms with Crippen LogP contribution in [0, 0.1) is 0 Å². The third-order valence-electron chi connectivity index (χ3n) is 4.11. The van der Waals surface area contributed by atoms with Crippen LogP contribution in [-0.4, -0.2) is 56.8 Å². The second-order valence-corrected chi connectivity index (χ2v) is 5.71. The van der Waals surface area contributed by atoms with E-state index in [0.29, 0.717) is 6.54 Å². The molecule has 1 aliphatic rings. The fourth-order valence-corrected chi connectivity index (χ4v) is 2.44. The zero-order valence-electron chi connectivity index (χ0n) is 12.5. The van der Waals surface area contributed by atoms with Crippen LogP contribution in [-0.2, 0) is 11.2 Å². The number of hydrogen-bond donors (Lipinski definition) is 1. The fraction of sp³-hybridized carbons (Fsp3) is 0.562. The lowest BCUT2D eigenvalue weighted by atomic mass is 10.1. The molecular formula is C16H25N2O2+. The van der Waals surface area contributed by atoms with Crippen LogP contribution in [0.5, 0.6) is 0 Å². The Hall–Kier alpha value is -1.39. The summed E-state index contributed by atoms with van der Waals surface area (Å²) in [5, 5.41) is 3.01. The van der Waals surface area contributed by atoms with Crippen LogP contribution in [0.3, 0.4) is 0 Å². The van der Waals surface area contributed by atoms with Crippen molar-refractivity contribution in [2.75, 3.05) is 46.4 Å². The Balaban J connectivity index is 1.79. The number of hydrogen-bond acceptors (Lipinski definition) is 2. The zero-order valence-corrected chi connectivity index (χ0v) is 12.5. The lowest BCUT2D eigenvalue weighted by molar-refractivity contribution is -0.915. The van der Waals surface area contributed by atoms with Gasteiger partial charge in [-0.05, 0) is 24.1 Å². The quantitative estimate of drug-likeness (QED) is 0.828. The van der Waals surface area contributed by atoms with Crippen molar-refractivity contribution in [3.63, 3.8) is 0 Å². The first kappa shape index (κ1) is 15.0. The van der Waals surface area contributed by atoms with Crippen molar-refractivity contribution < 1.29 is 14.0 Å². The average Bonchev–Trinajstić information content (AvgIpc) is 2.48. The minimum atomic E-state index is 0.0208. The normalized spacial score (nSPS) is 17.7. The molecule has 1 fully saturated rings. The summed E-state index contributed by atoms with van der Waals surface area (Å²) < 4.78 is 6.36. The van der Waals surface area contributed by atoms with E-state index in [-0.39, 0.29) is 5.91 Å². The molecule has 0 atom stereocenters. The largest absolute Gasteiger partial charge is 0.370 e. The molecule has 2 rings (SSSR count). The number of aryl methyl sites for hydroxylation is 1. The van der Waals surface area contributed by atoms with E-state index in [1.165, 1.54) is 5.56 Å². The highest BCUT2D eigenvalue weighted by Crippen LogP contribution is 2.07. The number of morpholine rings is 1. The topological polar surface area (TPSA) is 38.3 Å². The Bertz CT molecular complexity index is 436. The van der Waals surface area contributed by atoms with Crippen molar-refractivity contribution in [2.45, 2.75) is 13.3 Å². The molecule has 0 radical (unpaired) electrons. The monoisotopic (exact) mass is 277 g/mol. The Morgan fingerprint density at radius 2 is 1.90 bits per heavy atom. The summed E-state index contributed by atoms with van der Waals surface area (Å²) in [6.45, 7) is 7.49. The molecule has 1 heterocycles. The summed E-state index contributed by atoms with van der Waals surface area (Å²) in [5.74, 6) is 0.0208. The van der Waals surface area contributed by atoms with Gasteiger partial charge < -0.3 is 14.5 Å². The van der Waals surface area contributed by atoms with Gasteiger partial charge in [-0.15, -0.1) is 0 Å². The molecule has 1 aliphatic heterocycles. The van der Waals surface area contributed by atoms with E-state index in [2.05, 4.69) is 19.3 Å². The summed E-state index contributed by atoms with van der Waals surface area (Å²) in [6.07, 6.45) is 1.000. The van der Waals surface area contributed by atoms with Crippen molar-refractivity contribution in [1.82, 2.24) is 5.32 Å². The van der Waals surface area contributed by atoms with Crippen LogP contribution in [0.15, 0.2) is 24.3 Å². The van der Waals surface area contributed by atoms with Gasteiger partial charge >= 0.3 is 0 Å². The first-order chi connectivity index (χ1) is 9.63. The van der Waals surface area contributed by atoms with Crippen molar-refractivity contribution in [3.8, 4) is 0 Å². The summed E-state index contributed by atoms with van der Waals surface area (Å²) >= 11 is 0. The minimum Gasteiger partial charge on any atom is -0.370 e. The molecule has 4 nitrogen and oxygen atoms in total. The van der Waals surface area contributed by atoms with Gasteiger partial charge in [0.1, 0.15) is 13.1 Å². The highest BCUT2D eigenvalue weighted by Gasteiger charge is 2.24. The van der Waals surface area contributed by atoms with Crippen LogP contribution in [0.1, 0.15) is 22.8 Å². The standard InChI is InChI=1S/C16H24N2O2/c1-3-14-4-6-15(7-5-14)16(19)17-8-9-18(2)10-12-20-13-11-18/h4-7H,3,8-13H2,1-2H3/p+1. The van der Waals surface area contributed by atoms with Crippen molar-refractivity contribution in [2.24, 2.45) is 0 Å². The molecule has 0 saturated carbocycles. The predicted octanol–water partition coefficient (Wildman–Crippen LogP) is 1.46. The summed E-state index contributed by atoms with van der Waals surface area (Å²) in [7, 11) is 2.23. The Labute approximate surface area is 121 Å². The Morgan fingerprint density at radius 3 is 2.50 bits per heavy atom. The number of nitrogens with one attached hydrogen (secondary N) is 1. The summed E-state index contributed by atoms with van der Waals surface area (Å²) in [5.41, 5.74) is 2.00. The van der Waals surface area contributed by atoms with Gasteiger partial charge in [0.25, 0.3) is 5.91 Å². The molecule has 0 unspecified atom stereocenters. The molecule has 1 aromatic carbocycles. The Kier molecular flexibility index (Phi) is 5.15. The molecule has 1 N–H and O–H groups in total. The zero-order chi connectivity index (χ0) is 14.4. The van der Waals surface area contributed by atoms with E-state index in [4.69, 9.17) is 4.74 Å². The van der Waals surface area contributed by atoms with Gasteiger partial charge in [-0.1, -0.05) is 19.1 Å². The van der Waals surface area contributed by atoms with E-state index in [0.717, 1.165) is 49.3 Å². The second-order valence-electron chi connectivity index (χ2n) is 5.71. The van der Waals surface area contributed by atoms with Gasteiger partial charge in [0.15, 0.2) is 0 Å². The van der Waals surface area contributed by atoms with E-state index in [9.17, 15) is 4.79 Å². The van der Waals surface area contributed by atoms with E-state index in [1.54, 1.807) is 0 Å². The number of nitrogens with zero attached hydrogens (tertiary/aromatic N) is 1. The van der Waals surface area contributed by atoms with Gasteiger partial charge in [-0.2, -0.15) is 0 Å². The molecule has 1 aromatic rings. The van der Waals surface area contributed by atoms with Crippen molar-refractivity contribution in [3.05, 3.63) is 35.4 Å². The number of carbonyl (C=O) groups is 1. The van der Waals surface area contributed by atoms with Crippen LogP contribution in [0.4, 0.5) is 0 Å². The van der Waals surface area contributed by atoms with E-state index < -0.39 is 0 Å². The third kappa shape index (κ3) is 4.05. The maximum atomic E-state index is 12.0. The number of ether oxygens (including phenoxy) is 1. The molecule has 20 heavy (non-hydrogen) atoms. The molecule has 0 aliphatic carbocycles. The minimum absolute atomic E-state index is 0.0208. The SMILES string of the molecule is CCc1ccc(C(=O)NCC[N+]2(C)CCOCC2)cc1. The number of carbonyl (C=O) groups excluding carboxylic acids is 1. The molecular weight excluding hydrogens is 252 g/mol. The maximum absolute atomic E-state index is 12.0. The smallest absolute Gasteiger partial charge is 0.251 e. The molecule has 4 heteroatoms. The number of quaternary nitrogens is 1. The maximum Gasteiger partial charge on any atom is 0.251 e. The third-order valence-corrected chi connectivity index (χ3v) is 4.11. The first-order valence-corrected chi connectivity index (χ1v) is 7.41. The predicted molar refractivity (Wildman–Crippen MR) is 79.8 cm³/mol. The number of amides is 1. The van der Waals surface area contributed by atoms with E-state index in [1.807, 2.05) is 24.3 Å². The second kappa shape index (κ2) is 6.86. The highest BCUT2D eigenvalue weighted by atomic mass is 16.5. The van der Waals surface area contributed by atoms with Crippen molar-refractivity contribution >= 4 is 5.91 Å². The molecule has 0 spiro atoms. The van der Waals surface area contributed by atoms with Crippen molar-refractivity contribution in [1.29, 1.82) is 0 Å². The highest BCUT2D eigenvalue weighted by molar-refractivity contribution is 5.94. The lowest BCUT2D eigenvalue weighted by Crippen LogP contribution is -2.54. The Morgan fingerprint density at radius 1 is 1.25 bits per heavy atom. The van der Waals surface area contributed by atoms with Crippen LogP contribution < -0.4 is 5.32 Å². The number of likely N-dealkylation sites (N-methyl/N-ethyl adjacent to an activating group) is 1. The van der Waals surface area contributed by atoms with Crippen LogP contribution in [0.25, 0.3) is 0 Å². The van der Waals surface area contributed by atoms with E-state index >= 15 is 0 Å². The summed E-state index contributed by atoms with van der Waals surface area (Å²) in [6, 6.07) is 7.84. The molecule has 1 saturated heterocycles. The van der Waals surface area contributed by atoms with Gasteiger partial charge in [0.2, 0.25) is 0 Å².